The lowest BCUT2D eigenvalue weighted by molar-refractivity contribution is 0.0522. The molecule has 0 radical (unpaired) electrons. The van der Waals surface area contributed by atoms with E-state index in [4.69, 9.17) is 34.0 Å². The summed E-state index contributed by atoms with van der Waals surface area (Å²) in [6.07, 6.45) is 0.0184. The molecule has 0 saturated heterocycles. The minimum absolute atomic E-state index is 0.130. The van der Waals surface area contributed by atoms with E-state index in [2.05, 4.69) is 86.1 Å². The Kier molecular flexibility index (Phi) is 16.0. The molecule has 0 atom stereocenters. The lowest BCUT2D eigenvalue weighted by Crippen LogP contribution is -2.29. The first-order chi connectivity index (χ1) is 28.4. The summed E-state index contributed by atoms with van der Waals surface area (Å²) in [6, 6.07) is 35.5. The molecule has 0 spiro atoms. The van der Waals surface area contributed by atoms with Crippen LogP contribution in [0.15, 0.2) is 119 Å². The Bertz CT molecular complexity index is 2390. The molecule has 0 unspecified atom stereocenters. The standard InChI is InChI=1S/C26H27NO2.C12H12BrIN2O2.C9H13BO3/c1-17(2)28-23-11-7-19(8-12-23)21-5-6-22-16-27-26(25(22)15-21)20-9-13-24(14-10-20)29-18(3)4;1-12(2,3)18-11(17)16-9-5-4-7(13)6-8(9)10(14)15-16;1-7(2)13-9-5-3-8(4-6-9)10(11)12/h5-15,17-18H,16H2,1-4H3;4-6H,1-3H3;3-7,11-12H,1-2H3. The van der Waals surface area contributed by atoms with E-state index in [0.29, 0.717) is 5.46 Å². The third-order valence-corrected chi connectivity index (χ3v) is 9.83. The maximum absolute atomic E-state index is 12.0. The fourth-order valence-corrected chi connectivity index (χ4v) is 7.07. The van der Waals surface area contributed by atoms with Crippen LogP contribution in [0.3, 0.4) is 0 Å². The summed E-state index contributed by atoms with van der Waals surface area (Å²) in [4.78, 5) is 16.8. The van der Waals surface area contributed by atoms with Crippen LogP contribution in [0.2, 0.25) is 0 Å². The van der Waals surface area contributed by atoms with Crippen LogP contribution >= 0.6 is 38.5 Å². The molecule has 5 aromatic carbocycles. The number of aromatic nitrogens is 2. The van der Waals surface area contributed by atoms with Gasteiger partial charge in [-0.05, 0) is 180 Å². The van der Waals surface area contributed by atoms with E-state index in [9.17, 15) is 4.79 Å². The molecule has 60 heavy (non-hydrogen) atoms. The lowest BCUT2D eigenvalue weighted by Gasteiger charge is -2.19. The van der Waals surface area contributed by atoms with Crippen molar-refractivity contribution in [3.8, 4) is 28.4 Å². The van der Waals surface area contributed by atoms with Gasteiger partial charge in [-0.1, -0.05) is 52.3 Å². The van der Waals surface area contributed by atoms with Gasteiger partial charge in [0.1, 0.15) is 26.6 Å². The highest BCUT2D eigenvalue weighted by Crippen LogP contribution is 2.31. The van der Waals surface area contributed by atoms with Gasteiger partial charge in [-0.15, -0.1) is 0 Å². The van der Waals surface area contributed by atoms with E-state index >= 15 is 0 Å². The van der Waals surface area contributed by atoms with Gasteiger partial charge < -0.3 is 29.0 Å². The van der Waals surface area contributed by atoms with E-state index in [1.165, 1.54) is 26.9 Å². The van der Waals surface area contributed by atoms with Crippen molar-refractivity contribution in [1.29, 1.82) is 0 Å². The number of fused-ring (bicyclic) bond motifs is 2. The number of nitrogens with zero attached hydrogens (tertiary/aromatic N) is 3. The van der Waals surface area contributed by atoms with Crippen LogP contribution in [-0.2, 0) is 11.3 Å². The van der Waals surface area contributed by atoms with E-state index in [-0.39, 0.29) is 18.3 Å². The molecule has 6 aromatic rings. The highest BCUT2D eigenvalue weighted by Gasteiger charge is 2.22. The van der Waals surface area contributed by atoms with Gasteiger partial charge in [-0.25, -0.2) is 4.79 Å². The molecule has 2 heterocycles. The monoisotopic (exact) mass is 987 g/mol. The molecule has 10 nitrogen and oxygen atoms in total. The Morgan fingerprint density at radius 3 is 1.72 bits per heavy atom. The van der Waals surface area contributed by atoms with Gasteiger partial charge in [-0.3, -0.25) is 4.99 Å². The molecule has 0 amide bonds. The van der Waals surface area contributed by atoms with Crippen LogP contribution < -0.4 is 19.7 Å². The molecule has 0 saturated carbocycles. The molecule has 7 rings (SSSR count). The Morgan fingerprint density at radius 1 is 0.717 bits per heavy atom. The van der Waals surface area contributed by atoms with Gasteiger partial charge in [0.05, 0.1) is 36.1 Å². The van der Waals surface area contributed by atoms with Crippen LogP contribution in [0.4, 0.5) is 4.79 Å². The summed E-state index contributed by atoms with van der Waals surface area (Å²) in [5.41, 5.74) is 7.71. The Morgan fingerprint density at radius 2 is 1.22 bits per heavy atom. The minimum Gasteiger partial charge on any atom is -0.491 e. The van der Waals surface area contributed by atoms with Gasteiger partial charge in [-0.2, -0.15) is 9.78 Å². The number of benzene rings is 5. The number of hydrogen-bond donors (Lipinski definition) is 2. The van der Waals surface area contributed by atoms with Gasteiger partial charge in [0.2, 0.25) is 0 Å². The Hall–Kier alpha value is -4.70. The molecule has 0 bridgehead atoms. The third kappa shape index (κ3) is 13.2. The van der Waals surface area contributed by atoms with Crippen molar-refractivity contribution in [3.63, 3.8) is 0 Å². The first kappa shape index (κ1) is 46.4. The fourth-order valence-electron chi connectivity index (χ4n) is 6.06. The van der Waals surface area contributed by atoms with Gasteiger partial charge in [0, 0.05) is 21.0 Å². The van der Waals surface area contributed by atoms with Gasteiger partial charge in [0.25, 0.3) is 0 Å². The molecular formula is C47H52BBrIN3O7. The number of ether oxygens (including phenoxy) is 4. The second-order valence-electron chi connectivity index (χ2n) is 15.9. The second kappa shape index (κ2) is 20.7. The van der Waals surface area contributed by atoms with E-state index in [1.807, 2.05) is 105 Å². The van der Waals surface area contributed by atoms with Crippen molar-refractivity contribution in [2.24, 2.45) is 4.99 Å². The smallest absolute Gasteiger partial charge is 0.488 e. The largest absolute Gasteiger partial charge is 0.491 e. The maximum atomic E-state index is 12.0. The molecule has 1 aromatic heterocycles. The third-order valence-electron chi connectivity index (χ3n) is 8.54. The zero-order valence-corrected chi connectivity index (χ0v) is 39.2. The van der Waals surface area contributed by atoms with Crippen molar-refractivity contribution in [2.75, 3.05) is 0 Å². The zero-order valence-electron chi connectivity index (χ0n) is 35.4. The number of carbonyl (C=O) groups excluding carboxylic acids is 1. The molecule has 13 heteroatoms. The maximum Gasteiger partial charge on any atom is 0.488 e. The number of rotatable bonds is 9. The van der Waals surface area contributed by atoms with E-state index in [1.54, 1.807) is 24.3 Å². The van der Waals surface area contributed by atoms with E-state index < -0.39 is 18.8 Å². The Labute approximate surface area is 375 Å². The average molecular weight is 989 g/mol. The lowest BCUT2D eigenvalue weighted by atomic mass is 9.80. The van der Waals surface area contributed by atoms with E-state index in [0.717, 1.165) is 54.1 Å². The number of hydrogen-bond acceptors (Lipinski definition) is 9. The minimum atomic E-state index is -1.41. The molecule has 1 aliphatic rings. The predicted octanol–water partition coefficient (Wildman–Crippen LogP) is 10.6. The first-order valence-corrected chi connectivity index (χ1v) is 21.7. The number of aliphatic imine (C=N–C) groups is 1. The zero-order chi connectivity index (χ0) is 43.7. The van der Waals surface area contributed by atoms with Crippen LogP contribution in [0.1, 0.15) is 79.0 Å². The molecule has 314 valence electrons. The number of halogens is 2. The van der Waals surface area contributed by atoms with Crippen LogP contribution in [-0.4, -0.2) is 62.7 Å². The van der Waals surface area contributed by atoms with Crippen molar-refractivity contribution in [2.45, 2.75) is 92.8 Å². The predicted molar refractivity (Wildman–Crippen MR) is 253 cm³/mol. The number of carbonyl (C=O) groups is 1. The summed E-state index contributed by atoms with van der Waals surface area (Å²) in [7, 11) is -1.41. The Balaban J connectivity index is 0.000000188. The SMILES string of the molecule is CC(C)(C)OC(=O)n1nc(I)c2cc(Br)ccc21.CC(C)Oc1ccc(B(O)O)cc1.CC(C)Oc1ccc(C2=NCc3ccc(-c4ccc(OC(C)C)cc4)cc32)cc1. The average Bonchev–Trinajstić information content (AvgIpc) is 3.75. The summed E-state index contributed by atoms with van der Waals surface area (Å²) in [6.45, 7) is 18.3. The highest BCUT2D eigenvalue weighted by atomic mass is 127. The van der Waals surface area contributed by atoms with Crippen molar-refractivity contribution in [1.82, 2.24) is 9.78 Å². The molecular weight excluding hydrogens is 936 g/mol. The van der Waals surface area contributed by atoms with Crippen LogP contribution in [0.25, 0.3) is 22.0 Å². The van der Waals surface area contributed by atoms with Crippen LogP contribution in [0.5, 0.6) is 17.2 Å². The van der Waals surface area contributed by atoms with Crippen molar-refractivity contribution < 1.29 is 33.8 Å². The summed E-state index contributed by atoms with van der Waals surface area (Å²) in [5.74, 6) is 2.52. The normalized spacial score (nSPS) is 12.0. The first-order valence-electron chi connectivity index (χ1n) is 19.8. The fraction of sp³-hybridized carbons (Fsp3) is 0.298. The highest BCUT2D eigenvalue weighted by molar-refractivity contribution is 14.1. The summed E-state index contributed by atoms with van der Waals surface area (Å²) in [5, 5.41) is 22.8. The van der Waals surface area contributed by atoms with Gasteiger partial charge in [0.15, 0.2) is 0 Å². The molecule has 0 aliphatic carbocycles. The molecule has 1 aliphatic heterocycles. The summed E-state index contributed by atoms with van der Waals surface area (Å²) < 4.78 is 25.3. The molecule has 2 N–H and O–H groups in total. The summed E-state index contributed by atoms with van der Waals surface area (Å²) >= 11 is 5.51. The second-order valence-corrected chi connectivity index (χ2v) is 17.8. The van der Waals surface area contributed by atoms with Crippen molar-refractivity contribution >= 4 is 73.8 Å². The topological polar surface area (TPSA) is 125 Å². The molecule has 0 fully saturated rings. The van der Waals surface area contributed by atoms with Gasteiger partial charge >= 0.3 is 13.2 Å². The van der Waals surface area contributed by atoms with Crippen LogP contribution in [0, 0.1) is 3.70 Å². The quantitative estimate of drug-likeness (QED) is 0.108. The van der Waals surface area contributed by atoms with Crippen molar-refractivity contribution in [3.05, 3.63) is 134 Å².